The Kier molecular flexibility index (Phi) is 4.86. The molecule has 0 aliphatic heterocycles. The maximum Gasteiger partial charge on any atom is 0.123 e. The van der Waals surface area contributed by atoms with Crippen LogP contribution in [-0.2, 0) is 0 Å². The van der Waals surface area contributed by atoms with Crippen molar-refractivity contribution in [1.82, 2.24) is 0 Å². The van der Waals surface area contributed by atoms with Crippen LogP contribution in [0, 0.1) is 12.7 Å². The first kappa shape index (κ1) is 14.4. The van der Waals surface area contributed by atoms with Crippen molar-refractivity contribution in [3.8, 4) is 0 Å². The summed E-state index contributed by atoms with van der Waals surface area (Å²) in [6.07, 6.45) is 0. The Morgan fingerprint density at radius 3 is 2.53 bits per heavy atom. The van der Waals surface area contributed by atoms with Gasteiger partial charge in [-0.3, -0.25) is 0 Å². The van der Waals surface area contributed by atoms with Crippen molar-refractivity contribution in [3.63, 3.8) is 0 Å². The molecule has 1 nitrogen and oxygen atoms in total. The summed E-state index contributed by atoms with van der Waals surface area (Å²) in [6.45, 7) is 1.87. The second-order valence-corrected chi connectivity index (χ2v) is 5.96. The standard InChI is InChI=1S/C15H15ClFNS/c1-10-6-11(8-13(17)7-10)15(18)9-19-14-4-2-12(16)3-5-14/h2-8,15H,9,18H2,1H3. The van der Waals surface area contributed by atoms with E-state index in [2.05, 4.69) is 0 Å². The van der Waals surface area contributed by atoms with Crippen molar-refractivity contribution in [1.29, 1.82) is 0 Å². The highest BCUT2D eigenvalue weighted by Crippen LogP contribution is 2.25. The van der Waals surface area contributed by atoms with Crippen molar-refractivity contribution < 1.29 is 4.39 Å². The first-order chi connectivity index (χ1) is 9.04. The van der Waals surface area contributed by atoms with Crippen LogP contribution in [0.15, 0.2) is 47.4 Å². The van der Waals surface area contributed by atoms with Gasteiger partial charge in [-0.1, -0.05) is 17.7 Å². The summed E-state index contributed by atoms with van der Waals surface area (Å²) in [5, 5.41) is 0.717. The molecule has 2 N–H and O–H groups in total. The van der Waals surface area contributed by atoms with E-state index in [1.54, 1.807) is 11.8 Å². The molecule has 0 spiro atoms. The van der Waals surface area contributed by atoms with Crippen molar-refractivity contribution in [3.05, 3.63) is 64.4 Å². The number of hydrogen-bond donors (Lipinski definition) is 1. The Hall–Kier alpha value is -1.03. The van der Waals surface area contributed by atoms with E-state index in [0.717, 1.165) is 21.0 Å². The van der Waals surface area contributed by atoms with E-state index in [9.17, 15) is 4.39 Å². The SMILES string of the molecule is Cc1cc(F)cc(C(N)CSc2ccc(Cl)cc2)c1. The van der Waals surface area contributed by atoms with Crippen LogP contribution < -0.4 is 5.73 Å². The topological polar surface area (TPSA) is 26.0 Å². The smallest absolute Gasteiger partial charge is 0.123 e. The van der Waals surface area contributed by atoms with E-state index >= 15 is 0 Å². The predicted molar refractivity (Wildman–Crippen MR) is 80.2 cm³/mol. The van der Waals surface area contributed by atoms with Gasteiger partial charge < -0.3 is 5.73 Å². The molecule has 0 saturated carbocycles. The van der Waals surface area contributed by atoms with Gasteiger partial charge in [-0.25, -0.2) is 4.39 Å². The summed E-state index contributed by atoms with van der Waals surface area (Å²) in [7, 11) is 0. The summed E-state index contributed by atoms with van der Waals surface area (Å²) in [5.74, 6) is 0.465. The lowest BCUT2D eigenvalue weighted by Gasteiger charge is -2.12. The second-order valence-electron chi connectivity index (χ2n) is 4.43. The molecule has 2 aromatic carbocycles. The van der Waals surface area contributed by atoms with Crippen LogP contribution >= 0.6 is 23.4 Å². The summed E-state index contributed by atoms with van der Waals surface area (Å²) in [4.78, 5) is 1.10. The first-order valence-corrected chi connectivity index (χ1v) is 7.32. The van der Waals surface area contributed by atoms with Crippen LogP contribution in [0.4, 0.5) is 4.39 Å². The van der Waals surface area contributed by atoms with Crippen molar-refractivity contribution in [2.24, 2.45) is 5.73 Å². The van der Waals surface area contributed by atoms with Gasteiger partial charge in [0.25, 0.3) is 0 Å². The van der Waals surface area contributed by atoms with Gasteiger partial charge in [-0.15, -0.1) is 11.8 Å². The van der Waals surface area contributed by atoms with Crippen LogP contribution in [0.1, 0.15) is 17.2 Å². The number of benzene rings is 2. The molecule has 0 aliphatic carbocycles. The monoisotopic (exact) mass is 295 g/mol. The van der Waals surface area contributed by atoms with Crippen LogP contribution in [0.5, 0.6) is 0 Å². The van der Waals surface area contributed by atoms with E-state index in [4.69, 9.17) is 17.3 Å². The molecule has 1 unspecified atom stereocenters. The molecule has 0 heterocycles. The number of halogens is 2. The fraction of sp³-hybridized carbons (Fsp3) is 0.200. The zero-order valence-corrected chi connectivity index (χ0v) is 12.1. The lowest BCUT2D eigenvalue weighted by atomic mass is 10.1. The molecular weight excluding hydrogens is 281 g/mol. The second kappa shape index (κ2) is 6.42. The number of nitrogens with two attached hydrogens (primary N) is 1. The van der Waals surface area contributed by atoms with Crippen LogP contribution in [-0.4, -0.2) is 5.75 Å². The molecule has 19 heavy (non-hydrogen) atoms. The third-order valence-corrected chi connectivity index (χ3v) is 4.12. The van der Waals surface area contributed by atoms with Crippen molar-refractivity contribution >= 4 is 23.4 Å². The highest BCUT2D eigenvalue weighted by Gasteiger charge is 2.08. The van der Waals surface area contributed by atoms with Gasteiger partial charge in [0.15, 0.2) is 0 Å². The minimum atomic E-state index is -0.234. The molecule has 0 saturated heterocycles. The summed E-state index contributed by atoms with van der Waals surface area (Å²) in [5.41, 5.74) is 7.82. The maximum absolute atomic E-state index is 13.3. The lowest BCUT2D eigenvalue weighted by molar-refractivity contribution is 0.621. The number of hydrogen-bond acceptors (Lipinski definition) is 2. The van der Waals surface area contributed by atoms with Gasteiger partial charge in [0.05, 0.1) is 0 Å². The molecule has 0 radical (unpaired) electrons. The zero-order chi connectivity index (χ0) is 13.8. The van der Waals surface area contributed by atoms with Crippen molar-refractivity contribution in [2.75, 3.05) is 5.75 Å². The normalized spacial score (nSPS) is 12.4. The third-order valence-electron chi connectivity index (χ3n) is 2.74. The molecule has 0 bridgehead atoms. The molecule has 0 fully saturated rings. The Bertz CT molecular complexity index is 536. The molecule has 1 atom stereocenters. The van der Waals surface area contributed by atoms with Gasteiger partial charge in [0.2, 0.25) is 0 Å². The number of rotatable bonds is 4. The molecular formula is C15H15ClFNS. The van der Waals surface area contributed by atoms with E-state index in [-0.39, 0.29) is 11.9 Å². The average molecular weight is 296 g/mol. The van der Waals surface area contributed by atoms with E-state index in [0.29, 0.717) is 5.75 Å². The van der Waals surface area contributed by atoms with Gasteiger partial charge in [0.1, 0.15) is 5.82 Å². The largest absolute Gasteiger partial charge is 0.323 e. The Labute approximate surface area is 122 Å². The Balaban J connectivity index is 2.00. The Morgan fingerprint density at radius 2 is 1.89 bits per heavy atom. The van der Waals surface area contributed by atoms with Gasteiger partial charge in [0, 0.05) is 21.7 Å². The minimum Gasteiger partial charge on any atom is -0.323 e. The van der Waals surface area contributed by atoms with E-state index < -0.39 is 0 Å². The molecule has 4 heteroatoms. The average Bonchev–Trinajstić information content (AvgIpc) is 2.36. The summed E-state index contributed by atoms with van der Waals surface area (Å²) < 4.78 is 13.3. The minimum absolute atomic E-state index is 0.185. The maximum atomic E-state index is 13.3. The summed E-state index contributed by atoms with van der Waals surface area (Å²) in [6, 6.07) is 12.4. The molecule has 0 aromatic heterocycles. The first-order valence-electron chi connectivity index (χ1n) is 5.95. The van der Waals surface area contributed by atoms with Gasteiger partial charge >= 0.3 is 0 Å². The zero-order valence-electron chi connectivity index (χ0n) is 10.6. The molecule has 2 aromatic rings. The lowest BCUT2D eigenvalue weighted by Crippen LogP contribution is -2.13. The fourth-order valence-corrected chi connectivity index (χ4v) is 2.81. The number of thioether (sulfide) groups is 1. The molecule has 100 valence electrons. The predicted octanol–water partition coefficient (Wildman–Crippen LogP) is 4.58. The van der Waals surface area contributed by atoms with Gasteiger partial charge in [-0.2, -0.15) is 0 Å². The highest BCUT2D eigenvalue weighted by molar-refractivity contribution is 7.99. The van der Waals surface area contributed by atoms with Crippen LogP contribution in [0.3, 0.4) is 0 Å². The van der Waals surface area contributed by atoms with E-state index in [1.807, 2.05) is 37.3 Å². The third kappa shape index (κ3) is 4.23. The molecule has 2 rings (SSSR count). The highest BCUT2D eigenvalue weighted by atomic mass is 35.5. The molecule has 0 aliphatic rings. The van der Waals surface area contributed by atoms with Gasteiger partial charge in [-0.05, 0) is 54.4 Å². The number of aryl methyl sites for hydroxylation is 1. The summed E-state index contributed by atoms with van der Waals surface area (Å²) >= 11 is 7.47. The van der Waals surface area contributed by atoms with E-state index in [1.165, 1.54) is 12.1 Å². The van der Waals surface area contributed by atoms with Crippen molar-refractivity contribution in [2.45, 2.75) is 17.9 Å². The van der Waals surface area contributed by atoms with Crippen LogP contribution in [0.25, 0.3) is 0 Å². The quantitative estimate of drug-likeness (QED) is 0.836. The Morgan fingerprint density at radius 1 is 1.21 bits per heavy atom. The molecule has 0 amide bonds. The fourth-order valence-electron chi connectivity index (χ4n) is 1.79. The van der Waals surface area contributed by atoms with Crippen LogP contribution in [0.2, 0.25) is 5.02 Å².